The normalized spacial score (nSPS) is 14.3. The lowest BCUT2D eigenvalue weighted by molar-refractivity contribution is 0.436. The molecule has 1 aliphatic carbocycles. The second kappa shape index (κ2) is 5.99. The first-order valence-electron chi connectivity index (χ1n) is 10.6. The van der Waals surface area contributed by atoms with Gasteiger partial charge in [-0.2, -0.15) is 0 Å². The molecule has 0 saturated heterocycles. The number of hydrogen-bond acceptors (Lipinski definition) is 1. The molecule has 2 heteroatoms. The Kier molecular flexibility index (Phi) is 3.23. The Bertz CT molecular complexity index is 1420. The highest BCUT2D eigenvalue weighted by Crippen LogP contribution is 2.62. The van der Waals surface area contributed by atoms with Crippen LogP contribution >= 0.6 is 0 Å². The molecule has 0 unspecified atom stereocenters. The minimum atomic E-state index is -0.402. The lowest BCUT2D eigenvalue weighted by atomic mass is 9.66. The molecule has 0 saturated carbocycles. The Morgan fingerprint density at radius 3 is 1.81 bits per heavy atom. The molecule has 1 spiro atoms. The lowest BCUT2D eigenvalue weighted by Crippen LogP contribution is -2.32. The van der Waals surface area contributed by atoms with E-state index in [9.17, 15) is 0 Å². The zero-order valence-corrected chi connectivity index (χ0v) is 16.8. The monoisotopic (exact) mass is 397 g/mol. The predicted octanol–water partition coefficient (Wildman–Crippen LogP) is 6.95. The Morgan fingerprint density at radius 2 is 1.10 bits per heavy atom. The molecule has 0 bridgehead atoms. The highest BCUT2D eigenvalue weighted by molar-refractivity contribution is 5.89. The Morgan fingerprint density at radius 1 is 0.516 bits per heavy atom. The zero-order chi connectivity index (χ0) is 20.4. The number of ether oxygens (including phenoxy) is 1. The van der Waals surface area contributed by atoms with Crippen LogP contribution in [0.4, 0.5) is 0 Å². The Labute approximate surface area is 181 Å². The minimum absolute atomic E-state index is 0.402. The molecule has 0 radical (unpaired) electrons. The molecule has 1 aliphatic heterocycles. The van der Waals surface area contributed by atoms with Crippen LogP contribution in [0.2, 0.25) is 0 Å². The molecule has 7 rings (SSSR count). The molecule has 4 aromatic carbocycles. The van der Waals surface area contributed by atoms with Gasteiger partial charge in [0.15, 0.2) is 0 Å². The van der Waals surface area contributed by atoms with Gasteiger partial charge in [-0.15, -0.1) is 0 Å². The summed E-state index contributed by atoms with van der Waals surface area (Å²) in [6.45, 7) is 0. The number of aromatic nitrogens is 1. The third-order valence-corrected chi connectivity index (χ3v) is 6.73. The minimum Gasteiger partial charge on any atom is -0.457 e. The van der Waals surface area contributed by atoms with E-state index in [1.54, 1.807) is 0 Å². The fourth-order valence-electron chi connectivity index (χ4n) is 5.51. The molecule has 0 amide bonds. The number of hydrogen-bond donors (Lipinski definition) is 0. The lowest BCUT2D eigenvalue weighted by Gasteiger charge is -2.39. The van der Waals surface area contributed by atoms with E-state index in [4.69, 9.17) is 4.74 Å². The summed E-state index contributed by atoms with van der Waals surface area (Å²) in [4.78, 5) is 0. The molecule has 2 heterocycles. The molecule has 1 aromatic heterocycles. The van der Waals surface area contributed by atoms with Gasteiger partial charge in [0.2, 0.25) is 0 Å². The van der Waals surface area contributed by atoms with Crippen LogP contribution in [0.25, 0.3) is 16.8 Å². The van der Waals surface area contributed by atoms with E-state index in [-0.39, 0.29) is 0 Å². The van der Waals surface area contributed by atoms with Gasteiger partial charge in [0.1, 0.15) is 11.5 Å². The fourth-order valence-corrected chi connectivity index (χ4v) is 5.51. The van der Waals surface area contributed by atoms with E-state index < -0.39 is 5.41 Å². The maximum Gasteiger partial charge on any atom is 0.132 e. The number of benzene rings is 4. The quantitative estimate of drug-likeness (QED) is 0.292. The molecular weight excluding hydrogens is 378 g/mol. The van der Waals surface area contributed by atoms with Crippen LogP contribution in [0.15, 0.2) is 116 Å². The van der Waals surface area contributed by atoms with Gasteiger partial charge in [0.05, 0.1) is 5.41 Å². The molecule has 146 valence electrons. The molecule has 2 nitrogen and oxygen atoms in total. The summed E-state index contributed by atoms with van der Waals surface area (Å²) >= 11 is 0. The van der Waals surface area contributed by atoms with Crippen molar-refractivity contribution in [1.29, 1.82) is 0 Å². The van der Waals surface area contributed by atoms with Gasteiger partial charge >= 0.3 is 0 Å². The van der Waals surface area contributed by atoms with Crippen molar-refractivity contribution in [3.8, 4) is 28.3 Å². The first-order valence-corrected chi connectivity index (χ1v) is 10.6. The van der Waals surface area contributed by atoms with Crippen molar-refractivity contribution in [1.82, 2.24) is 4.57 Å². The van der Waals surface area contributed by atoms with Gasteiger partial charge < -0.3 is 9.30 Å². The molecule has 2 aliphatic rings. The second-order valence-corrected chi connectivity index (χ2v) is 8.21. The summed E-state index contributed by atoms with van der Waals surface area (Å²) in [5, 5.41) is 0. The average Bonchev–Trinajstić information content (AvgIpc) is 3.46. The average molecular weight is 397 g/mol. The van der Waals surface area contributed by atoms with Crippen LogP contribution in [0.5, 0.6) is 11.5 Å². The molecule has 0 N–H and O–H groups in total. The zero-order valence-electron chi connectivity index (χ0n) is 16.8. The third-order valence-electron chi connectivity index (χ3n) is 6.73. The van der Waals surface area contributed by atoms with Crippen molar-refractivity contribution >= 4 is 0 Å². The molecular formula is C29H19NO. The number of nitrogens with zero attached hydrogens (tertiary/aromatic N) is 1. The van der Waals surface area contributed by atoms with Crippen LogP contribution in [0.1, 0.15) is 22.3 Å². The molecule has 31 heavy (non-hydrogen) atoms. The summed E-state index contributed by atoms with van der Waals surface area (Å²) in [6, 6.07) is 36.8. The smallest absolute Gasteiger partial charge is 0.132 e. The van der Waals surface area contributed by atoms with Gasteiger partial charge in [-0.25, -0.2) is 0 Å². The maximum absolute atomic E-state index is 6.39. The first kappa shape index (κ1) is 16.7. The van der Waals surface area contributed by atoms with Crippen LogP contribution in [-0.2, 0) is 5.41 Å². The van der Waals surface area contributed by atoms with Crippen molar-refractivity contribution < 1.29 is 4.74 Å². The van der Waals surface area contributed by atoms with E-state index in [2.05, 4.69) is 120 Å². The summed E-state index contributed by atoms with van der Waals surface area (Å²) < 4.78 is 8.57. The maximum atomic E-state index is 6.39. The van der Waals surface area contributed by atoms with E-state index >= 15 is 0 Å². The van der Waals surface area contributed by atoms with Crippen molar-refractivity contribution in [2.45, 2.75) is 5.41 Å². The summed E-state index contributed by atoms with van der Waals surface area (Å²) in [6.07, 6.45) is 4.20. The van der Waals surface area contributed by atoms with Gasteiger partial charge in [-0.3, -0.25) is 0 Å². The summed E-state index contributed by atoms with van der Waals surface area (Å²) in [7, 11) is 0. The van der Waals surface area contributed by atoms with Crippen molar-refractivity contribution in [2.75, 3.05) is 0 Å². The molecule has 0 atom stereocenters. The van der Waals surface area contributed by atoms with Crippen molar-refractivity contribution in [3.05, 3.63) is 138 Å². The molecule has 5 aromatic rings. The molecule has 0 fully saturated rings. The van der Waals surface area contributed by atoms with E-state index in [1.807, 2.05) is 0 Å². The van der Waals surface area contributed by atoms with E-state index in [1.165, 1.54) is 33.4 Å². The van der Waals surface area contributed by atoms with Crippen LogP contribution in [-0.4, -0.2) is 4.57 Å². The Balaban J connectivity index is 1.66. The van der Waals surface area contributed by atoms with Gasteiger partial charge in [-0.1, -0.05) is 66.7 Å². The van der Waals surface area contributed by atoms with Crippen LogP contribution < -0.4 is 4.74 Å². The SMILES string of the molecule is c1ccc2c(c1)Oc1ccccc1C21c2ccccc2-c2ccc(-n3cccc3)cc21. The van der Waals surface area contributed by atoms with Gasteiger partial charge in [-0.05, 0) is 58.7 Å². The number of para-hydroxylation sites is 2. The summed E-state index contributed by atoms with van der Waals surface area (Å²) in [5.74, 6) is 1.85. The van der Waals surface area contributed by atoms with Crippen molar-refractivity contribution in [3.63, 3.8) is 0 Å². The predicted molar refractivity (Wildman–Crippen MR) is 123 cm³/mol. The van der Waals surface area contributed by atoms with E-state index in [0.717, 1.165) is 17.2 Å². The largest absolute Gasteiger partial charge is 0.457 e. The fraction of sp³-hybridized carbons (Fsp3) is 0.0345. The Hall–Kier alpha value is -4.04. The standard InChI is InChI=1S/C29H19NO/c1-2-10-23-21(9-1)22-16-15-20(30-17-7-8-18-30)19-26(22)29(23)24-11-3-5-13-27(24)31-28-14-6-4-12-25(28)29/h1-19H. The number of rotatable bonds is 1. The highest BCUT2D eigenvalue weighted by Gasteiger charge is 2.50. The van der Waals surface area contributed by atoms with Crippen LogP contribution in [0.3, 0.4) is 0 Å². The third kappa shape index (κ3) is 2.06. The summed E-state index contributed by atoms with van der Waals surface area (Å²) in [5.41, 5.74) is 8.37. The first-order chi connectivity index (χ1) is 15.4. The van der Waals surface area contributed by atoms with Crippen molar-refractivity contribution in [2.24, 2.45) is 0 Å². The van der Waals surface area contributed by atoms with E-state index in [0.29, 0.717) is 0 Å². The topological polar surface area (TPSA) is 14.2 Å². The highest BCUT2D eigenvalue weighted by atomic mass is 16.5. The second-order valence-electron chi connectivity index (χ2n) is 8.21. The van der Waals surface area contributed by atoms with Gasteiger partial charge in [0, 0.05) is 29.2 Å². The van der Waals surface area contributed by atoms with Gasteiger partial charge in [0.25, 0.3) is 0 Å². The number of fused-ring (bicyclic) bond motifs is 9. The van der Waals surface area contributed by atoms with Crippen LogP contribution in [0, 0.1) is 0 Å².